The molecule has 6 nitrogen and oxygen atoms in total. The van der Waals surface area contributed by atoms with Crippen LogP contribution in [0, 0.1) is 5.92 Å². The van der Waals surface area contributed by atoms with Crippen molar-refractivity contribution in [1.82, 2.24) is 14.7 Å². The molecule has 7 heteroatoms. The molecule has 2 amide bonds. The standard InChI is InChI=1S/C21H22N4O2S/c22-20(26)16-8-4-10-24(13-16)21(27)17-14-25(12-15-6-2-1-3-7-15)23-19(17)18-9-5-11-28-18/h1-3,5-7,9,11,14,16H,4,8,10,12-13H2,(H2,22,26)/t16-/m1/s1. The first-order chi connectivity index (χ1) is 13.6. The average Bonchev–Trinajstić information content (AvgIpc) is 3.38. The maximum absolute atomic E-state index is 13.3. The molecule has 1 aliphatic heterocycles. The van der Waals surface area contributed by atoms with Gasteiger partial charge < -0.3 is 10.6 Å². The number of likely N-dealkylation sites (tertiary alicyclic amines) is 1. The maximum atomic E-state index is 13.3. The molecule has 144 valence electrons. The van der Waals surface area contributed by atoms with Gasteiger partial charge in [-0.3, -0.25) is 14.3 Å². The van der Waals surface area contributed by atoms with E-state index in [0.29, 0.717) is 30.9 Å². The molecule has 0 aliphatic carbocycles. The van der Waals surface area contributed by atoms with Gasteiger partial charge in [-0.05, 0) is 29.9 Å². The first-order valence-corrected chi connectivity index (χ1v) is 10.2. The summed E-state index contributed by atoms with van der Waals surface area (Å²) in [5.41, 5.74) is 7.86. The molecular formula is C21H22N4O2S. The Morgan fingerprint density at radius 2 is 2.00 bits per heavy atom. The summed E-state index contributed by atoms with van der Waals surface area (Å²) in [6.45, 7) is 1.61. The lowest BCUT2D eigenvalue weighted by atomic mass is 9.97. The van der Waals surface area contributed by atoms with Crippen LogP contribution in [0.3, 0.4) is 0 Å². The molecule has 1 fully saturated rings. The Bertz CT molecular complexity index is 966. The highest BCUT2D eigenvalue weighted by Crippen LogP contribution is 2.29. The number of benzene rings is 1. The Hall–Kier alpha value is -2.93. The van der Waals surface area contributed by atoms with E-state index >= 15 is 0 Å². The minimum atomic E-state index is -0.337. The second-order valence-electron chi connectivity index (χ2n) is 7.04. The predicted octanol–water partition coefficient (Wildman–Crippen LogP) is 3.00. The number of hydrogen-bond donors (Lipinski definition) is 1. The van der Waals surface area contributed by atoms with Gasteiger partial charge in [-0.1, -0.05) is 36.4 Å². The molecule has 0 spiro atoms. The molecule has 1 atom stereocenters. The van der Waals surface area contributed by atoms with Crippen LogP contribution in [0.2, 0.25) is 0 Å². The number of nitrogens with zero attached hydrogens (tertiary/aromatic N) is 3. The van der Waals surface area contributed by atoms with Gasteiger partial charge in [-0.25, -0.2) is 0 Å². The van der Waals surface area contributed by atoms with E-state index in [9.17, 15) is 9.59 Å². The van der Waals surface area contributed by atoms with Gasteiger partial charge in [-0.2, -0.15) is 5.10 Å². The quantitative estimate of drug-likeness (QED) is 0.722. The fourth-order valence-electron chi connectivity index (χ4n) is 3.59. The van der Waals surface area contributed by atoms with Gasteiger partial charge in [0.25, 0.3) is 5.91 Å². The lowest BCUT2D eigenvalue weighted by molar-refractivity contribution is -0.123. The van der Waals surface area contributed by atoms with Crippen LogP contribution in [0.4, 0.5) is 0 Å². The molecule has 0 saturated carbocycles. The third kappa shape index (κ3) is 3.84. The predicted molar refractivity (Wildman–Crippen MR) is 109 cm³/mol. The Balaban J connectivity index is 1.65. The third-order valence-corrected chi connectivity index (χ3v) is 5.92. The van der Waals surface area contributed by atoms with E-state index in [1.807, 2.05) is 58.7 Å². The van der Waals surface area contributed by atoms with E-state index in [0.717, 1.165) is 23.3 Å². The van der Waals surface area contributed by atoms with Crippen LogP contribution in [-0.2, 0) is 11.3 Å². The monoisotopic (exact) mass is 394 g/mol. The number of carbonyl (C=O) groups excluding carboxylic acids is 2. The molecule has 2 aromatic heterocycles. The SMILES string of the molecule is NC(=O)[C@@H]1CCCN(C(=O)c2cn(Cc3ccccc3)nc2-c2cccs2)C1. The first-order valence-electron chi connectivity index (χ1n) is 9.35. The molecule has 1 aromatic carbocycles. The summed E-state index contributed by atoms with van der Waals surface area (Å²) in [7, 11) is 0. The molecule has 2 N–H and O–H groups in total. The zero-order valence-corrected chi connectivity index (χ0v) is 16.3. The summed E-state index contributed by atoms with van der Waals surface area (Å²) < 4.78 is 1.81. The van der Waals surface area contributed by atoms with Gasteiger partial charge in [0.15, 0.2) is 0 Å². The van der Waals surface area contributed by atoms with Crippen LogP contribution in [0.15, 0.2) is 54.0 Å². The van der Waals surface area contributed by atoms with Crippen molar-refractivity contribution < 1.29 is 9.59 Å². The second kappa shape index (κ2) is 7.98. The topological polar surface area (TPSA) is 81.2 Å². The second-order valence-corrected chi connectivity index (χ2v) is 7.99. The first kappa shape index (κ1) is 18.4. The summed E-state index contributed by atoms with van der Waals surface area (Å²) in [6.07, 6.45) is 3.34. The molecule has 3 heterocycles. The molecule has 1 aliphatic rings. The van der Waals surface area contributed by atoms with Gasteiger partial charge in [-0.15, -0.1) is 11.3 Å². The van der Waals surface area contributed by atoms with Crippen molar-refractivity contribution in [2.24, 2.45) is 11.7 Å². The highest BCUT2D eigenvalue weighted by atomic mass is 32.1. The maximum Gasteiger partial charge on any atom is 0.257 e. The molecule has 0 radical (unpaired) electrons. The zero-order chi connectivity index (χ0) is 19.5. The number of rotatable bonds is 5. The summed E-state index contributed by atoms with van der Waals surface area (Å²) in [6, 6.07) is 14.0. The molecule has 0 bridgehead atoms. The Morgan fingerprint density at radius 3 is 2.71 bits per heavy atom. The van der Waals surface area contributed by atoms with E-state index in [4.69, 9.17) is 10.8 Å². The van der Waals surface area contributed by atoms with Gasteiger partial charge in [0.05, 0.1) is 22.9 Å². The van der Waals surface area contributed by atoms with Crippen molar-refractivity contribution in [3.8, 4) is 10.6 Å². The highest BCUT2D eigenvalue weighted by Gasteiger charge is 2.30. The van der Waals surface area contributed by atoms with E-state index in [1.54, 1.807) is 16.2 Å². The normalized spacial score (nSPS) is 16.9. The van der Waals surface area contributed by atoms with Crippen LogP contribution in [-0.4, -0.2) is 39.6 Å². The fraction of sp³-hybridized carbons (Fsp3) is 0.286. The number of piperidine rings is 1. The number of hydrogen-bond acceptors (Lipinski definition) is 4. The Kier molecular flexibility index (Phi) is 5.25. The third-order valence-electron chi connectivity index (χ3n) is 5.05. The zero-order valence-electron chi connectivity index (χ0n) is 15.5. The summed E-state index contributed by atoms with van der Waals surface area (Å²) >= 11 is 1.56. The van der Waals surface area contributed by atoms with Gasteiger partial charge in [0, 0.05) is 19.3 Å². The highest BCUT2D eigenvalue weighted by molar-refractivity contribution is 7.13. The Morgan fingerprint density at radius 1 is 1.18 bits per heavy atom. The van der Waals surface area contributed by atoms with Crippen molar-refractivity contribution in [2.45, 2.75) is 19.4 Å². The van der Waals surface area contributed by atoms with Crippen LogP contribution < -0.4 is 5.73 Å². The van der Waals surface area contributed by atoms with E-state index in [-0.39, 0.29) is 17.7 Å². The van der Waals surface area contributed by atoms with Crippen molar-refractivity contribution in [1.29, 1.82) is 0 Å². The van der Waals surface area contributed by atoms with Crippen LogP contribution >= 0.6 is 11.3 Å². The number of primary amides is 1. The fourth-order valence-corrected chi connectivity index (χ4v) is 4.31. The van der Waals surface area contributed by atoms with E-state index < -0.39 is 0 Å². The summed E-state index contributed by atoms with van der Waals surface area (Å²) in [5.74, 6) is -0.702. The van der Waals surface area contributed by atoms with Crippen LogP contribution in [0.5, 0.6) is 0 Å². The van der Waals surface area contributed by atoms with Crippen molar-refractivity contribution in [2.75, 3.05) is 13.1 Å². The van der Waals surface area contributed by atoms with Crippen molar-refractivity contribution in [3.05, 3.63) is 65.2 Å². The summed E-state index contributed by atoms with van der Waals surface area (Å²) in [4.78, 5) is 27.6. The minimum absolute atomic E-state index is 0.0892. The van der Waals surface area contributed by atoms with Gasteiger partial charge in [0.1, 0.15) is 5.69 Å². The summed E-state index contributed by atoms with van der Waals surface area (Å²) in [5, 5.41) is 6.68. The van der Waals surface area contributed by atoms with Crippen LogP contribution in [0.1, 0.15) is 28.8 Å². The van der Waals surface area contributed by atoms with E-state index in [1.165, 1.54) is 0 Å². The van der Waals surface area contributed by atoms with Gasteiger partial charge >= 0.3 is 0 Å². The molecule has 3 aromatic rings. The lowest BCUT2D eigenvalue weighted by Crippen LogP contribution is -2.44. The number of carbonyl (C=O) groups is 2. The van der Waals surface area contributed by atoms with Crippen molar-refractivity contribution in [3.63, 3.8) is 0 Å². The average molecular weight is 395 g/mol. The molecule has 4 rings (SSSR count). The molecule has 1 saturated heterocycles. The number of aromatic nitrogens is 2. The molecule has 28 heavy (non-hydrogen) atoms. The lowest BCUT2D eigenvalue weighted by Gasteiger charge is -2.31. The minimum Gasteiger partial charge on any atom is -0.369 e. The Labute approximate surface area is 167 Å². The van der Waals surface area contributed by atoms with E-state index in [2.05, 4.69) is 0 Å². The van der Waals surface area contributed by atoms with Gasteiger partial charge in [0.2, 0.25) is 5.91 Å². The van der Waals surface area contributed by atoms with Crippen molar-refractivity contribution >= 4 is 23.2 Å². The van der Waals surface area contributed by atoms with Crippen LogP contribution in [0.25, 0.3) is 10.6 Å². The number of thiophene rings is 1. The molecular weight excluding hydrogens is 372 g/mol. The molecule has 0 unspecified atom stereocenters. The number of amides is 2. The smallest absolute Gasteiger partial charge is 0.257 e. The largest absolute Gasteiger partial charge is 0.369 e. The number of nitrogens with two attached hydrogens (primary N) is 1.